The molecule has 2 aromatic heterocycles. The van der Waals surface area contributed by atoms with Crippen molar-refractivity contribution in [1.29, 1.82) is 0 Å². The Morgan fingerprint density at radius 2 is 1.80 bits per heavy atom. The quantitative estimate of drug-likeness (QED) is 0.545. The van der Waals surface area contributed by atoms with Gasteiger partial charge in [-0.05, 0) is 89.7 Å². The minimum absolute atomic E-state index is 0.124. The van der Waals surface area contributed by atoms with Gasteiger partial charge >= 0.3 is 6.09 Å². The van der Waals surface area contributed by atoms with Crippen molar-refractivity contribution in [2.24, 2.45) is 17.8 Å². The first kappa shape index (κ1) is 25.0. The Morgan fingerprint density at radius 3 is 2.37 bits per heavy atom. The van der Waals surface area contributed by atoms with Gasteiger partial charge in [0.1, 0.15) is 11.6 Å². The van der Waals surface area contributed by atoms with Crippen molar-refractivity contribution in [3.63, 3.8) is 0 Å². The number of methoxy groups -OCH3 is 1. The van der Waals surface area contributed by atoms with Crippen LogP contribution in [0.2, 0.25) is 0 Å². The van der Waals surface area contributed by atoms with Crippen molar-refractivity contribution >= 4 is 17.7 Å². The van der Waals surface area contributed by atoms with Crippen LogP contribution in [0.25, 0.3) is 0 Å². The number of amides is 2. The van der Waals surface area contributed by atoms with Crippen molar-refractivity contribution in [3.05, 3.63) is 35.8 Å². The minimum Gasteiger partial charge on any atom is -0.481 e. The molecule has 35 heavy (non-hydrogen) atoms. The van der Waals surface area contributed by atoms with Crippen molar-refractivity contribution in [1.82, 2.24) is 20.1 Å². The van der Waals surface area contributed by atoms with Crippen molar-refractivity contribution in [2.45, 2.75) is 78.0 Å². The number of rotatable bonds is 9. The predicted octanol–water partition coefficient (Wildman–Crippen LogP) is 4.47. The average Bonchev–Trinajstić information content (AvgIpc) is 3.72. The van der Waals surface area contributed by atoms with Gasteiger partial charge < -0.3 is 20.1 Å². The molecule has 9 nitrogen and oxygen atoms in total. The molecule has 190 valence electrons. The van der Waals surface area contributed by atoms with Crippen LogP contribution in [0, 0.1) is 24.7 Å². The molecule has 2 amide bonds. The molecule has 0 aliphatic heterocycles. The standard InChI is InChI=1S/C26H37N5O4/c1-15-11-20(24(34-6)27-12-15)16(2)31-14-19(13-28-31)29-23(32)22(30-25(33)35-26(3,4)5)21(17-7-8-17)18-9-10-18/h11-14,16-18,21-22H,7-10H2,1-6H3,(H,29,32)(H,30,33). The molecule has 0 bridgehead atoms. The first-order valence-corrected chi connectivity index (χ1v) is 12.4. The smallest absolute Gasteiger partial charge is 0.408 e. The van der Waals surface area contributed by atoms with E-state index < -0.39 is 17.7 Å². The van der Waals surface area contributed by atoms with Gasteiger partial charge in [-0.15, -0.1) is 0 Å². The maximum Gasteiger partial charge on any atom is 0.408 e. The monoisotopic (exact) mass is 483 g/mol. The van der Waals surface area contributed by atoms with Crippen LogP contribution in [0.4, 0.5) is 10.5 Å². The summed E-state index contributed by atoms with van der Waals surface area (Å²) in [7, 11) is 1.59. The van der Waals surface area contributed by atoms with E-state index in [9.17, 15) is 9.59 Å². The molecule has 2 unspecified atom stereocenters. The molecule has 2 aliphatic carbocycles. The zero-order chi connectivity index (χ0) is 25.3. The Kier molecular flexibility index (Phi) is 7.05. The van der Waals surface area contributed by atoms with E-state index in [0.717, 1.165) is 36.8 Å². The Hall–Kier alpha value is -3.10. The van der Waals surface area contributed by atoms with Gasteiger partial charge in [0, 0.05) is 18.0 Å². The first-order valence-electron chi connectivity index (χ1n) is 12.4. The molecule has 2 aromatic rings. The van der Waals surface area contributed by atoms with Crippen LogP contribution in [0.1, 0.15) is 70.5 Å². The first-order chi connectivity index (χ1) is 16.6. The van der Waals surface area contributed by atoms with Gasteiger partial charge in [-0.25, -0.2) is 9.78 Å². The zero-order valence-electron chi connectivity index (χ0n) is 21.5. The highest BCUT2D eigenvalue weighted by Crippen LogP contribution is 2.51. The number of carbonyl (C=O) groups is 2. The molecule has 4 rings (SSSR count). The number of ether oxygens (including phenoxy) is 2. The fraction of sp³-hybridized carbons (Fsp3) is 0.615. The lowest BCUT2D eigenvalue weighted by atomic mass is 9.89. The van der Waals surface area contributed by atoms with Crippen molar-refractivity contribution in [3.8, 4) is 5.88 Å². The van der Waals surface area contributed by atoms with Crippen LogP contribution in [0.5, 0.6) is 5.88 Å². The van der Waals surface area contributed by atoms with Gasteiger partial charge in [0.2, 0.25) is 11.8 Å². The molecule has 2 aliphatic rings. The summed E-state index contributed by atoms with van der Waals surface area (Å²) in [5.74, 6) is 1.37. The van der Waals surface area contributed by atoms with E-state index in [0.29, 0.717) is 23.4 Å². The molecule has 2 fully saturated rings. The summed E-state index contributed by atoms with van der Waals surface area (Å²) < 4.78 is 12.7. The number of hydrogen-bond donors (Lipinski definition) is 2. The van der Waals surface area contributed by atoms with E-state index in [1.165, 1.54) is 0 Å². The summed E-state index contributed by atoms with van der Waals surface area (Å²) in [6, 6.07) is 1.23. The summed E-state index contributed by atoms with van der Waals surface area (Å²) in [5, 5.41) is 10.3. The third kappa shape index (κ3) is 6.32. The van der Waals surface area contributed by atoms with E-state index in [2.05, 4.69) is 20.7 Å². The van der Waals surface area contributed by atoms with Gasteiger partial charge in [-0.1, -0.05) is 0 Å². The minimum atomic E-state index is -0.647. The molecule has 2 atom stereocenters. The number of alkyl carbamates (subject to hydrolysis) is 1. The number of nitrogens with zero attached hydrogens (tertiary/aromatic N) is 3. The van der Waals surface area contributed by atoms with Crippen LogP contribution < -0.4 is 15.4 Å². The Balaban J connectivity index is 1.50. The van der Waals surface area contributed by atoms with Crippen molar-refractivity contribution in [2.75, 3.05) is 12.4 Å². The van der Waals surface area contributed by atoms with Crippen LogP contribution >= 0.6 is 0 Å². The van der Waals surface area contributed by atoms with Gasteiger partial charge in [0.15, 0.2) is 0 Å². The lowest BCUT2D eigenvalue weighted by molar-refractivity contribution is -0.120. The fourth-order valence-corrected chi connectivity index (χ4v) is 4.69. The summed E-state index contributed by atoms with van der Waals surface area (Å²) in [6.45, 7) is 9.42. The Bertz CT molecular complexity index is 1060. The Morgan fingerprint density at radius 1 is 1.14 bits per heavy atom. The van der Waals surface area contributed by atoms with Gasteiger partial charge in [0.25, 0.3) is 0 Å². The summed E-state index contributed by atoms with van der Waals surface area (Å²) in [5.41, 5.74) is 1.86. The fourth-order valence-electron chi connectivity index (χ4n) is 4.69. The number of carbonyl (C=O) groups excluding carboxylic acids is 2. The second-order valence-electron chi connectivity index (χ2n) is 10.9. The van der Waals surface area contributed by atoms with Crippen LogP contribution in [0.3, 0.4) is 0 Å². The van der Waals surface area contributed by atoms with Crippen molar-refractivity contribution < 1.29 is 19.1 Å². The van der Waals surface area contributed by atoms with Crippen LogP contribution in [-0.4, -0.2) is 45.5 Å². The second kappa shape index (κ2) is 9.87. The number of anilines is 1. The number of nitrogens with one attached hydrogen (secondary N) is 2. The van der Waals surface area contributed by atoms with E-state index in [4.69, 9.17) is 9.47 Å². The van der Waals surface area contributed by atoms with Crippen LogP contribution in [0.15, 0.2) is 24.7 Å². The number of aryl methyl sites for hydroxylation is 1. The third-order valence-electron chi connectivity index (χ3n) is 6.60. The molecule has 2 heterocycles. The highest BCUT2D eigenvalue weighted by Gasteiger charge is 2.48. The summed E-state index contributed by atoms with van der Waals surface area (Å²) in [6.07, 6.45) is 9.01. The molecular formula is C26H37N5O4. The molecule has 0 radical (unpaired) electrons. The summed E-state index contributed by atoms with van der Waals surface area (Å²) in [4.78, 5) is 30.4. The molecule has 0 spiro atoms. The highest BCUT2D eigenvalue weighted by molar-refractivity contribution is 5.96. The number of pyridine rings is 1. The molecule has 0 aromatic carbocycles. The lowest BCUT2D eigenvalue weighted by Crippen LogP contribution is -2.51. The second-order valence-corrected chi connectivity index (χ2v) is 10.9. The molecule has 9 heteroatoms. The van der Waals surface area contributed by atoms with E-state index in [1.807, 2.05) is 40.7 Å². The summed E-state index contributed by atoms with van der Waals surface area (Å²) >= 11 is 0. The number of aromatic nitrogens is 3. The average molecular weight is 484 g/mol. The maximum atomic E-state index is 13.5. The zero-order valence-corrected chi connectivity index (χ0v) is 21.5. The van der Waals surface area contributed by atoms with Gasteiger partial charge in [-0.2, -0.15) is 5.10 Å². The van der Waals surface area contributed by atoms with Gasteiger partial charge in [-0.3, -0.25) is 9.48 Å². The molecule has 0 saturated heterocycles. The topological polar surface area (TPSA) is 107 Å². The predicted molar refractivity (Wildman–Crippen MR) is 132 cm³/mol. The SMILES string of the molecule is COc1ncc(C)cc1C(C)n1cc(NC(=O)C(NC(=O)OC(C)(C)C)C(C2CC2)C2CC2)cn1. The number of hydrogen-bond acceptors (Lipinski definition) is 6. The molecule has 2 saturated carbocycles. The maximum absolute atomic E-state index is 13.5. The molecular weight excluding hydrogens is 446 g/mol. The third-order valence-corrected chi connectivity index (χ3v) is 6.60. The van der Waals surface area contributed by atoms with Gasteiger partial charge in [0.05, 0.1) is 25.0 Å². The van der Waals surface area contributed by atoms with E-state index in [-0.39, 0.29) is 17.9 Å². The van der Waals surface area contributed by atoms with Crippen LogP contribution in [-0.2, 0) is 9.53 Å². The van der Waals surface area contributed by atoms with E-state index in [1.54, 1.807) is 30.4 Å². The highest BCUT2D eigenvalue weighted by atomic mass is 16.6. The normalized spacial score (nSPS) is 17.6. The largest absolute Gasteiger partial charge is 0.481 e. The van der Waals surface area contributed by atoms with E-state index >= 15 is 0 Å². The Labute approximate surface area is 207 Å². The molecule has 2 N–H and O–H groups in total. The lowest BCUT2D eigenvalue weighted by Gasteiger charge is -2.28.